The molecule has 3 aromatic rings. The van der Waals surface area contributed by atoms with Crippen molar-refractivity contribution in [2.24, 2.45) is 0 Å². The zero-order valence-corrected chi connectivity index (χ0v) is 18.7. The van der Waals surface area contributed by atoms with E-state index < -0.39 is 17.6 Å². The van der Waals surface area contributed by atoms with Gasteiger partial charge in [0, 0.05) is 18.2 Å². The highest BCUT2D eigenvalue weighted by molar-refractivity contribution is 6.33. The Morgan fingerprint density at radius 2 is 1.94 bits per heavy atom. The Morgan fingerprint density at radius 3 is 2.62 bits per heavy atom. The fourth-order valence-electron chi connectivity index (χ4n) is 3.66. The van der Waals surface area contributed by atoms with Crippen LogP contribution in [0.3, 0.4) is 0 Å². The van der Waals surface area contributed by atoms with E-state index in [-0.39, 0.29) is 51.5 Å². The van der Waals surface area contributed by atoms with E-state index in [4.69, 9.17) is 21.1 Å². The SMILES string of the molecule is COc1cc(C=O)c(Cl)cc1Nc1ncc(C(F)(F)F)c(Oc2ccc(C)c3c2C(=O)CC3)n1. The predicted octanol–water partition coefficient (Wildman–Crippen LogP) is 5.94. The van der Waals surface area contributed by atoms with E-state index in [2.05, 4.69) is 15.3 Å². The summed E-state index contributed by atoms with van der Waals surface area (Å²) >= 11 is 6.06. The summed E-state index contributed by atoms with van der Waals surface area (Å²) in [5, 5.41) is 2.82. The van der Waals surface area contributed by atoms with Crippen LogP contribution in [-0.2, 0) is 12.6 Å². The Balaban J connectivity index is 1.76. The number of nitrogens with zero attached hydrogens (tertiary/aromatic N) is 2. The molecule has 0 unspecified atom stereocenters. The molecule has 34 heavy (non-hydrogen) atoms. The Bertz CT molecular complexity index is 1310. The minimum absolute atomic E-state index is 0.00536. The number of carbonyl (C=O) groups is 2. The summed E-state index contributed by atoms with van der Waals surface area (Å²) in [5.41, 5.74) is 1.04. The highest BCUT2D eigenvalue weighted by Crippen LogP contribution is 2.41. The topological polar surface area (TPSA) is 90.4 Å². The molecule has 0 saturated carbocycles. The van der Waals surface area contributed by atoms with Gasteiger partial charge in [0.25, 0.3) is 0 Å². The highest BCUT2D eigenvalue weighted by Gasteiger charge is 2.37. The average molecular weight is 492 g/mol. The lowest BCUT2D eigenvalue weighted by Crippen LogP contribution is -2.12. The lowest BCUT2D eigenvalue weighted by Gasteiger charge is -2.16. The second-order valence-corrected chi connectivity index (χ2v) is 7.89. The van der Waals surface area contributed by atoms with Crippen LogP contribution in [0.15, 0.2) is 30.5 Å². The summed E-state index contributed by atoms with van der Waals surface area (Å²) in [6.07, 6.45) is -2.93. The summed E-state index contributed by atoms with van der Waals surface area (Å²) in [7, 11) is 1.35. The standard InChI is InChI=1S/C23H17ClF3N3O4/c1-11-3-6-18(20-13(11)4-5-17(20)32)34-21-14(23(25,26)27)9-28-22(30-21)29-16-8-15(24)12(10-31)7-19(16)33-2/h3,6-10H,4-5H2,1-2H3,(H,28,29,30). The van der Waals surface area contributed by atoms with Gasteiger partial charge >= 0.3 is 6.18 Å². The number of anilines is 2. The number of aldehydes is 1. The van der Waals surface area contributed by atoms with Crippen molar-refractivity contribution < 1.29 is 32.2 Å². The summed E-state index contributed by atoms with van der Waals surface area (Å²) in [4.78, 5) is 31.1. The van der Waals surface area contributed by atoms with Gasteiger partial charge in [0.1, 0.15) is 17.1 Å². The fourth-order valence-corrected chi connectivity index (χ4v) is 3.86. The van der Waals surface area contributed by atoms with Gasteiger partial charge < -0.3 is 14.8 Å². The first kappa shape index (κ1) is 23.5. The Kier molecular flexibility index (Phi) is 6.18. The lowest BCUT2D eigenvalue weighted by molar-refractivity contribution is -0.139. The number of aryl methyl sites for hydroxylation is 1. The first-order valence-corrected chi connectivity index (χ1v) is 10.4. The smallest absolute Gasteiger partial charge is 0.423 e. The van der Waals surface area contributed by atoms with Gasteiger partial charge in [-0.25, -0.2) is 4.98 Å². The third kappa shape index (κ3) is 4.41. The van der Waals surface area contributed by atoms with Gasteiger partial charge in [0.2, 0.25) is 11.8 Å². The average Bonchev–Trinajstić information content (AvgIpc) is 3.18. The van der Waals surface area contributed by atoms with E-state index in [1.807, 2.05) is 6.92 Å². The number of methoxy groups -OCH3 is 1. The number of alkyl halides is 3. The molecule has 0 saturated heterocycles. The molecule has 1 heterocycles. The molecule has 0 aliphatic heterocycles. The van der Waals surface area contributed by atoms with Crippen LogP contribution >= 0.6 is 11.6 Å². The maximum atomic E-state index is 13.7. The molecule has 7 nitrogen and oxygen atoms in total. The molecule has 1 aliphatic carbocycles. The molecule has 4 rings (SSSR count). The number of nitrogens with one attached hydrogen (secondary N) is 1. The first-order chi connectivity index (χ1) is 16.1. The Morgan fingerprint density at radius 1 is 1.18 bits per heavy atom. The molecule has 1 aromatic heterocycles. The van der Waals surface area contributed by atoms with Crippen molar-refractivity contribution in [1.82, 2.24) is 9.97 Å². The van der Waals surface area contributed by atoms with Crippen LogP contribution in [-0.4, -0.2) is 29.1 Å². The van der Waals surface area contributed by atoms with Crippen molar-refractivity contribution in [1.29, 1.82) is 0 Å². The molecule has 0 amide bonds. The van der Waals surface area contributed by atoms with Crippen molar-refractivity contribution in [2.45, 2.75) is 25.9 Å². The molecule has 1 aliphatic rings. The van der Waals surface area contributed by atoms with E-state index in [0.29, 0.717) is 18.9 Å². The monoisotopic (exact) mass is 491 g/mol. The van der Waals surface area contributed by atoms with E-state index in [9.17, 15) is 22.8 Å². The van der Waals surface area contributed by atoms with Crippen molar-refractivity contribution >= 4 is 35.3 Å². The van der Waals surface area contributed by atoms with Gasteiger partial charge in [-0.3, -0.25) is 9.59 Å². The summed E-state index contributed by atoms with van der Waals surface area (Å²) in [6.45, 7) is 1.82. The Hall–Kier alpha value is -3.66. The quantitative estimate of drug-likeness (QED) is 0.426. The van der Waals surface area contributed by atoms with Crippen LogP contribution in [0.1, 0.15) is 43.8 Å². The van der Waals surface area contributed by atoms with Crippen molar-refractivity contribution in [3.05, 3.63) is 63.3 Å². The zero-order chi connectivity index (χ0) is 24.6. The van der Waals surface area contributed by atoms with Crippen molar-refractivity contribution in [2.75, 3.05) is 12.4 Å². The van der Waals surface area contributed by atoms with Crippen LogP contribution in [0.25, 0.3) is 0 Å². The molecule has 0 radical (unpaired) electrons. The summed E-state index contributed by atoms with van der Waals surface area (Å²) < 4.78 is 51.8. The van der Waals surface area contributed by atoms with E-state index in [1.165, 1.54) is 25.3 Å². The number of benzene rings is 2. The molecule has 0 atom stereocenters. The van der Waals surface area contributed by atoms with E-state index in [1.54, 1.807) is 6.07 Å². The molecule has 0 bridgehead atoms. The third-order valence-electron chi connectivity index (χ3n) is 5.35. The second kappa shape index (κ2) is 8.94. The normalized spacial score (nSPS) is 12.9. The number of rotatable bonds is 6. The number of halogens is 4. The molecule has 176 valence electrons. The van der Waals surface area contributed by atoms with Crippen molar-refractivity contribution in [3.8, 4) is 17.4 Å². The predicted molar refractivity (Wildman–Crippen MR) is 118 cm³/mol. The minimum atomic E-state index is -4.81. The first-order valence-electron chi connectivity index (χ1n) is 10.00. The zero-order valence-electron chi connectivity index (χ0n) is 17.9. The molecular weight excluding hydrogens is 475 g/mol. The number of carbonyl (C=O) groups excluding carboxylic acids is 2. The summed E-state index contributed by atoms with van der Waals surface area (Å²) in [5.74, 6) is -1.03. The highest BCUT2D eigenvalue weighted by atomic mass is 35.5. The van der Waals surface area contributed by atoms with Crippen LogP contribution in [0.4, 0.5) is 24.8 Å². The Labute approximate surface area is 196 Å². The van der Waals surface area contributed by atoms with Crippen LogP contribution in [0, 0.1) is 6.92 Å². The molecule has 0 fully saturated rings. The maximum absolute atomic E-state index is 13.7. The summed E-state index contributed by atoms with van der Waals surface area (Å²) in [6, 6.07) is 5.85. The van der Waals surface area contributed by atoms with Gasteiger partial charge in [-0.05, 0) is 42.7 Å². The number of ketones is 1. The fraction of sp³-hybridized carbons (Fsp3) is 0.217. The third-order valence-corrected chi connectivity index (χ3v) is 5.68. The molecule has 1 N–H and O–H groups in total. The number of aromatic nitrogens is 2. The number of hydrogen-bond acceptors (Lipinski definition) is 7. The second-order valence-electron chi connectivity index (χ2n) is 7.49. The number of Topliss-reactive ketones (excluding diaryl/α,β-unsaturated/α-hetero) is 1. The number of fused-ring (bicyclic) bond motifs is 1. The van der Waals surface area contributed by atoms with Gasteiger partial charge in [-0.15, -0.1) is 0 Å². The van der Waals surface area contributed by atoms with Crippen LogP contribution in [0.5, 0.6) is 17.4 Å². The van der Waals surface area contributed by atoms with E-state index in [0.717, 1.165) is 11.1 Å². The number of hydrogen-bond donors (Lipinski definition) is 1. The van der Waals surface area contributed by atoms with Crippen molar-refractivity contribution in [3.63, 3.8) is 0 Å². The van der Waals surface area contributed by atoms with Gasteiger partial charge in [0.15, 0.2) is 12.1 Å². The number of ether oxygens (including phenoxy) is 2. The maximum Gasteiger partial charge on any atom is 0.423 e. The molecular formula is C23H17ClF3N3O4. The minimum Gasteiger partial charge on any atom is -0.495 e. The largest absolute Gasteiger partial charge is 0.495 e. The van der Waals surface area contributed by atoms with Gasteiger partial charge in [0.05, 0.1) is 23.4 Å². The van der Waals surface area contributed by atoms with Crippen LogP contribution < -0.4 is 14.8 Å². The molecule has 11 heteroatoms. The molecule has 0 spiro atoms. The van der Waals surface area contributed by atoms with Gasteiger partial charge in [-0.1, -0.05) is 17.7 Å². The molecule has 2 aromatic carbocycles. The van der Waals surface area contributed by atoms with Gasteiger partial charge in [-0.2, -0.15) is 18.2 Å². The van der Waals surface area contributed by atoms with E-state index >= 15 is 0 Å². The van der Waals surface area contributed by atoms with Crippen LogP contribution in [0.2, 0.25) is 5.02 Å². The lowest BCUT2D eigenvalue weighted by atomic mass is 10.0.